The van der Waals surface area contributed by atoms with Gasteiger partial charge in [0.25, 0.3) is 5.91 Å². The first-order valence-electron chi connectivity index (χ1n) is 11.2. The summed E-state index contributed by atoms with van der Waals surface area (Å²) < 4.78 is 5.49. The predicted molar refractivity (Wildman–Crippen MR) is 128 cm³/mol. The van der Waals surface area contributed by atoms with Crippen molar-refractivity contribution in [3.05, 3.63) is 83.4 Å². The van der Waals surface area contributed by atoms with Gasteiger partial charge in [-0.1, -0.05) is 48.5 Å². The molecule has 2 aromatic carbocycles. The molecule has 3 aromatic rings. The molecule has 0 fully saturated rings. The number of amides is 2. The minimum Gasteiger partial charge on any atom is -0.481 e. The van der Waals surface area contributed by atoms with Crippen molar-refractivity contribution in [2.75, 3.05) is 13.2 Å². The highest BCUT2D eigenvalue weighted by Gasteiger charge is 2.29. The van der Waals surface area contributed by atoms with Crippen molar-refractivity contribution in [2.45, 2.75) is 26.3 Å². The number of hydrogen-bond acceptors (Lipinski definition) is 6. The van der Waals surface area contributed by atoms with Gasteiger partial charge in [0.1, 0.15) is 12.4 Å². The second-order valence-corrected chi connectivity index (χ2v) is 8.94. The van der Waals surface area contributed by atoms with Gasteiger partial charge in [0.05, 0.1) is 17.5 Å². The minimum absolute atomic E-state index is 0.0324. The van der Waals surface area contributed by atoms with Crippen LogP contribution in [0.1, 0.15) is 47.1 Å². The largest absolute Gasteiger partial charge is 0.481 e. The molecule has 4 rings (SSSR count). The van der Waals surface area contributed by atoms with E-state index in [1.807, 2.05) is 24.3 Å². The average Bonchev–Trinajstić information content (AvgIpc) is 3.18. The van der Waals surface area contributed by atoms with E-state index in [0.29, 0.717) is 5.82 Å². The summed E-state index contributed by atoms with van der Waals surface area (Å²) in [6, 6.07) is 16.2. The Morgan fingerprint density at radius 3 is 2.09 bits per heavy atom. The Bertz CT molecular complexity index is 1210. The van der Waals surface area contributed by atoms with Gasteiger partial charge >= 0.3 is 12.1 Å². The molecule has 2 amide bonds. The second kappa shape index (κ2) is 9.92. The summed E-state index contributed by atoms with van der Waals surface area (Å²) >= 11 is 0. The van der Waals surface area contributed by atoms with E-state index in [9.17, 15) is 14.4 Å². The second-order valence-electron chi connectivity index (χ2n) is 8.94. The topological polar surface area (TPSA) is 131 Å². The van der Waals surface area contributed by atoms with Crippen LogP contribution >= 0.6 is 0 Å². The zero-order valence-corrected chi connectivity index (χ0v) is 19.4. The van der Waals surface area contributed by atoms with Crippen LogP contribution in [-0.4, -0.2) is 46.2 Å². The zero-order valence-electron chi connectivity index (χ0n) is 19.4. The fourth-order valence-electron chi connectivity index (χ4n) is 3.84. The molecule has 0 aliphatic heterocycles. The number of carboxylic acid groups (broad SMARTS) is 1. The quantitative estimate of drug-likeness (QED) is 0.456. The number of hydrogen-bond donors (Lipinski definition) is 3. The maximum atomic E-state index is 12.3. The van der Waals surface area contributed by atoms with Gasteiger partial charge in [-0.3, -0.25) is 9.59 Å². The van der Waals surface area contributed by atoms with Crippen LogP contribution < -0.4 is 10.6 Å². The van der Waals surface area contributed by atoms with Crippen LogP contribution in [0.3, 0.4) is 0 Å². The molecular formula is C26H26N4O5. The number of ether oxygens (including phenoxy) is 1. The Kier molecular flexibility index (Phi) is 6.77. The van der Waals surface area contributed by atoms with Crippen LogP contribution in [0.5, 0.6) is 0 Å². The van der Waals surface area contributed by atoms with Crippen molar-refractivity contribution < 1.29 is 24.2 Å². The number of nitrogens with one attached hydrogen (secondary N) is 2. The lowest BCUT2D eigenvalue weighted by atomic mass is 9.94. The van der Waals surface area contributed by atoms with Crippen LogP contribution in [0.4, 0.5) is 4.79 Å². The first kappa shape index (κ1) is 23.9. The Morgan fingerprint density at radius 1 is 0.943 bits per heavy atom. The maximum absolute atomic E-state index is 12.3. The molecule has 1 aliphatic carbocycles. The average molecular weight is 475 g/mol. The molecule has 0 spiro atoms. The van der Waals surface area contributed by atoms with Gasteiger partial charge in [-0.15, -0.1) is 0 Å². The summed E-state index contributed by atoms with van der Waals surface area (Å²) in [6.07, 6.45) is 2.06. The van der Waals surface area contributed by atoms with Crippen molar-refractivity contribution in [3.63, 3.8) is 0 Å². The molecule has 3 N–H and O–H groups in total. The molecule has 35 heavy (non-hydrogen) atoms. The van der Waals surface area contributed by atoms with E-state index in [2.05, 4.69) is 44.9 Å². The number of aliphatic carboxylic acids is 1. The number of carbonyl (C=O) groups excluding carboxylic acids is 2. The van der Waals surface area contributed by atoms with E-state index < -0.39 is 23.4 Å². The lowest BCUT2D eigenvalue weighted by Gasteiger charge is -2.19. The first-order valence-corrected chi connectivity index (χ1v) is 11.2. The molecule has 1 aromatic heterocycles. The van der Waals surface area contributed by atoms with Gasteiger partial charge < -0.3 is 20.5 Å². The van der Waals surface area contributed by atoms with Crippen molar-refractivity contribution >= 4 is 18.0 Å². The summed E-state index contributed by atoms with van der Waals surface area (Å²) in [4.78, 5) is 43.8. The van der Waals surface area contributed by atoms with Gasteiger partial charge in [0.15, 0.2) is 0 Å². The number of carboxylic acids is 1. The van der Waals surface area contributed by atoms with E-state index in [1.54, 1.807) is 0 Å². The Labute approximate surface area is 202 Å². The number of carbonyl (C=O) groups is 3. The standard InChI is InChI=1S/C26H26N4O5/c1-26(2,24(32)33)15-30-23(31)16-11-27-22(28-12-16)13-29-25(34)35-14-21-19-9-5-3-7-17(19)18-8-4-6-10-20(18)21/h3-12,21H,13-15H2,1-2H3,(H,29,34)(H,30,31)(H,32,33). The summed E-state index contributed by atoms with van der Waals surface area (Å²) in [5.74, 6) is -1.21. The number of alkyl carbamates (subject to hydrolysis) is 1. The summed E-state index contributed by atoms with van der Waals surface area (Å²) in [5.41, 5.74) is 3.66. The normalized spacial score (nSPS) is 12.4. The van der Waals surface area contributed by atoms with E-state index in [0.717, 1.165) is 22.3 Å². The fraction of sp³-hybridized carbons (Fsp3) is 0.269. The van der Waals surface area contributed by atoms with Crippen LogP contribution in [-0.2, 0) is 16.1 Å². The molecule has 1 aliphatic rings. The molecule has 0 unspecified atom stereocenters. The summed E-state index contributed by atoms with van der Waals surface area (Å²) in [7, 11) is 0. The number of fused-ring (bicyclic) bond motifs is 3. The van der Waals surface area contributed by atoms with Gasteiger partial charge in [-0.05, 0) is 36.1 Å². The number of nitrogens with zero attached hydrogens (tertiary/aromatic N) is 2. The smallest absolute Gasteiger partial charge is 0.407 e. The van der Waals surface area contributed by atoms with Gasteiger partial charge in [0, 0.05) is 24.9 Å². The highest BCUT2D eigenvalue weighted by atomic mass is 16.5. The van der Waals surface area contributed by atoms with Crippen LogP contribution in [0.2, 0.25) is 0 Å². The number of aromatic nitrogens is 2. The fourth-order valence-corrected chi connectivity index (χ4v) is 3.84. The lowest BCUT2D eigenvalue weighted by Crippen LogP contribution is -2.39. The van der Waals surface area contributed by atoms with Crippen molar-refractivity contribution in [1.82, 2.24) is 20.6 Å². The maximum Gasteiger partial charge on any atom is 0.407 e. The lowest BCUT2D eigenvalue weighted by molar-refractivity contribution is -0.146. The summed E-state index contributed by atoms with van der Waals surface area (Å²) in [6.45, 7) is 3.23. The van der Waals surface area contributed by atoms with Crippen LogP contribution in [0.15, 0.2) is 60.9 Å². The van der Waals surface area contributed by atoms with Gasteiger partial charge in [-0.25, -0.2) is 14.8 Å². The van der Waals surface area contributed by atoms with E-state index in [1.165, 1.54) is 26.2 Å². The van der Waals surface area contributed by atoms with Crippen molar-refractivity contribution in [1.29, 1.82) is 0 Å². The molecule has 0 saturated heterocycles. The first-order chi connectivity index (χ1) is 16.8. The Balaban J connectivity index is 1.28. The zero-order chi connectivity index (χ0) is 25.0. The molecule has 0 saturated carbocycles. The predicted octanol–water partition coefficient (Wildman–Crippen LogP) is 3.36. The van der Waals surface area contributed by atoms with Gasteiger partial charge in [0.2, 0.25) is 0 Å². The molecular weight excluding hydrogens is 448 g/mol. The molecule has 9 heteroatoms. The van der Waals surface area contributed by atoms with Crippen LogP contribution in [0, 0.1) is 5.41 Å². The highest BCUT2D eigenvalue weighted by molar-refractivity contribution is 5.93. The van der Waals surface area contributed by atoms with Crippen LogP contribution in [0.25, 0.3) is 11.1 Å². The molecule has 0 atom stereocenters. The molecule has 1 heterocycles. The molecule has 0 bridgehead atoms. The minimum atomic E-state index is -1.09. The number of benzene rings is 2. The summed E-state index contributed by atoms with van der Waals surface area (Å²) in [5, 5.41) is 14.3. The molecule has 0 radical (unpaired) electrons. The third kappa shape index (κ3) is 5.29. The van der Waals surface area contributed by atoms with E-state index >= 15 is 0 Å². The van der Waals surface area contributed by atoms with E-state index in [-0.39, 0.29) is 31.2 Å². The molecule has 9 nitrogen and oxygen atoms in total. The van der Waals surface area contributed by atoms with Crippen molar-refractivity contribution in [2.24, 2.45) is 5.41 Å². The number of rotatable bonds is 8. The Morgan fingerprint density at radius 2 is 1.51 bits per heavy atom. The van der Waals surface area contributed by atoms with Crippen molar-refractivity contribution in [3.8, 4) is 11.1 Å². The van der Waals surface area contributed by atoms with E-state index in [4.69, 9.17) is 9.84 Å². The highest BCUT2D eigenvalue weighted by Crippen LogP contribution is 2.44. The SMILES string of the molecule is CC(C)(CNC(=O)c1cnc(CNC(=O)OCC2c3ccccc3-c3ccccc32)nc1)C(=O)O. The third-order valence-electron chi connectivity index (χ3n) is 5.97. The molecule has 180 valence electrons. The third-order valence-corrected chi connectivity index (χ3v) is 5.97. The monoisotopic (exact) mass is 474 g/mol. The Hall–Kier alpha value is -4.27. The van der Waals surface area contributed by atoms with Gasteiger partial charge in [-0.2, -0.15) is 0 Å².